The molecule has 0 radical (unpaired) electrons. The lowest BCUT2D eigenvalue weighted by molar-refractivity contribution is 0.0383. The van der Waals surface area contributed by atoms with Crippen molar-refractivity contribution in [2.24, 2.45) is 0 Å². The van der Waals surface area contributed by atoms with Crippen LogP contribution in [0.15, 0.2) is 36.4 Å². The number of amides is 1. The van der Waals surface area contributed by atoms with Crippen LogP contribution in [-0.4, -0.2) is 66.2 Å². The van der Waals surface area contributed by atoms with Gasteiger partial charge in [0.25, 0.3) is 5.91 Å². The summed E-state index contributed by atoms with van der Waals surface area (Å²) in [6, 6.07) is 11.7. The van der Waals surface area contributed by atoms with E-state index >= 15 is 0 Å². The molecule has 0 spiro atoms. The summed E-state index contributed by atoms with van der Waals surface area (Å²) in [5, 5.41) is 6.33. The molecule has 7 nitrogen and oxygen atoms in total. The van der Waals surface area contributed by atoms with Gasteiger partial charge in [-0.1, -0.05) is 37.3 Å². The van der Waals surface area contributed by atoms with Crippen LogP contribution in [0.3, 0.4) is 0 Å². The van der Waals surface area contributed by atoms with E-state index in [1.807, 2.05) is 30.3 Å². The third-order valence-electron chi connectivity index (χ3n) is 4.81. The average Bonchev–Trinajstić information content (AvgIpc) is 2.74. The fourth-order valence-corrected chi connectivity index (χ4v) is 2.95. The summed E-state index contributed by atoms with van der Waals surface area (Å²) in [6.45, 7) is 8.91. The van der Waals surface area contributed by atoms with Crippen molar-refractivity contribution in [2.75, 3.05) is 44.7 Å². The number of anilines is 1. The van der Waals surface area contributed by atoms with Crippen molar-refractivity contribution < 1.29 is 9.53 Å². The molecule has 1 fully saturated rings. The van der Waals surface area contributed by atoms with Crippen LogP contribution < -0.4 is 10.6 Å². The van der Waals surface area contributed by atoms with Gasteiger partial charge in [0, 0.05) is 43.9 Å². The monoisotopic (exact) mass is 383 g/mol. The zero-order chi connectivity index (χ0) is 19.8. The predicted molar refractivity (Wildman–Crippen MR) is 110 cm³/mol. The van der Waals surface area contributed by atoms with Crippen molar-refractivity contribution in [3.05, 3.63) is 42.1 Å². The summed E-state index contributed by atoms with van der Waals surface area (Å²) >= 11 is 0. The first kappa shape index (κ1) is 20.2. The number of carbonyl (C=O) groups excluding carboxylic acids is 1. The van der Waals surface area contributed by atoms with Crippen LogP contribution in [0.25, 0.3) is 11.4 Å². The molecular weight excluding hydrogens is 354 g/mol. The molecule has 0 saturated carbocycles. The Bertz CT molecular complexity index is 763. The number of hydrogen-bond donors (Lipinski definition) is 2. The van der Waals surface area contributed by atoms with Gasteiger partial charge in [-0.25, -0.2) is 9.97 Å². The second-order valence-electron chi connectivity index (χ2n) is 6.99. The molecule has 7 heteroatoms. The highest BCUT2D eigenvalue weighted by atomic mass is 16.5. The van der Waals surface area contributed by atoms with Gasteiger partial charge in [0.2, 0.25) is 0 Å². The summed E-state index contributed by atoms with van der Waals surface area (Å²) in [6.07, 6.45) is 0.964. The third kappa shape index (κ3) is 5.74. The molecule has 1 unspecified atom stereocenters. The molecule has 150 valence electrons. The minimum atomic E-state index is -0.181. The summed E-state index contributed by atoms with van der Waals surface area (Å²) in [4.78, 5) is 24.1. The normalized spacial score (nSPS) is 15.8. The molecule has 3 rings (SSSR count). The van der Waals surface area contributed by atoms with E-state index in [9.17, 15) is 4.79 Å². The SMILES string of the molecule is CCC(C)Nc1cc(C(=O)NCCN2CCOCC2)nc(-c2ccccc2)n1. The lowest BCUT2D eigenvalue weighted by atomic mass is 10.2. The van der Waals surface area contributed by atoms with Gasteiger partial charge in [0.1, 0.15) is 11.5 Å². The topological polar surface area (TPSA) is 79.4 Å². The number of nitrogens with zero attached hydrogens (tertiary/aromatic N) is 3. The first-order valence-electron chi connectivity index (χ1n) is 9.95. The fraction of sp³-hybridized carbons (Fsp3) is 0.476. The zero-order valence-electron chi connectivity index (χ0n) is 16.6. The maximum atomic E-state index is 12.7. The molecule has 1 atom stereocenters. The van der Waals surface area contributed by atoms with E-state index in [0.29, 0.717) is 23.9 Å². The number of morpholine rings is 1. The Kier molecular flexibility index (Phi) is 7.33. The first-order chi connectivity index (χ1) is 13.7. The molecule has 0 aliphatic carbocycles. The molecule has 1 aromatic heterocycles. The minimum Gasteiger partial charge on any atom is -0.379 e. The van der Waals surface area contributed by atoms with Gasteiger partial charge in [0.15, 0.2) is 5.82 Å². The van der Waals surface area contributed by atoms with Crippen LogP contribution in [0.4, 0.5) is 5.82 Å². The maximum absolute atomic E-state index is 12.7. The Morgan fingerprint density at radius 3 is 2.68 bits per heavy atom. The van der Waals surface area contributed by atoms with Crippen LogP contribution in [-0.2, 0) is 4.74 Å². The van der Waals surface area contributed by atoms with Gasteiger partial charge >= 0.3 is 0 Å². The highest BCUT2D eigenvalue weighted by Crippen LogP contribution is 2.18. The van der Waals surface area contributed by atoms with E-state index in [1.165, 1.54) is 0 Å². The summed E-state index contributed by atoms with van der Waals surface area (Å²) < 4.78 is 5.35. The van der Waals surface area contributed by atoms with Gasteiger partial charge in [-0.15, -0.1) is 0 Å². The Morgan fingerprint density at radius 2 is 1.96 bits per heavy atom. The number of benzene rings is 1. The van der Waals surface area contributed by atoms with Gasteiger partial charge in [0.05, 0.1) is 13.2 Å². The minimum absolute atomic E-state index is 0.181. The van der Waals surface area contributed by atoms with Crippen molar-refractivity contribution >= 4 is 11.7 Å². The molecule has 1 aromatic carbocycles. The Labute approximate surface area is 166 Å². The van der Waals surface area contributed by atoms with Crippen LogP contribution >= 0.6 is 0 Å². The molecule has 1 aliphatic rings. The molecule has 1 saturated heterocycles. The maximum Gasteiger partial charge on any atom is 0.270 e. The van der Waals surface area contributed by atoms with Crippen LogP contribution in [0, 0.1) is 0 Å². The fourth-order valence-electron chi connectivity index (χ4n) is 2.95. The number of aromatic nitrogens is 2. The van der Waals surface area contributed by atoms with Crippen LogP contribution in [0.5, 0.6) is 0 Å². The van der Waals surface area contributed by atoms with E-state index < -0.39 is 0 Å². The predicted octanol–water partition coefficient (Wildman–Crippen LogP) is 2.42. The second kappa shape index (κ2) is 10.1. The molecule has 28 heavy (non-hydrogen) atoms. The molecule has 2 N–H and O–H groups in total. The smallest absolute Gasteiger partial charge is 0.270 e. The second-order valence-corrected chi connectivity index (χ2v) is 6.99. The van der Waals surface area contributed by atoms with E-state index in [2.05, 4.69) is 39.3 Å². The summed E-state index contributed by atoms with van der Waals surface area (Å²) in [7, 11) is 0. The molecular formula is C21H29N5O2. The lowest BCUT2D eigenvalue weighted by Crippen LogP contribution is -2.41. The molecule has 2 heterocycles. The van der Waals surface area contributed by atoms with E-state index in [-0.39, 0.29) is 11.9 Å². The number of carbonyl (C=O) groups is 1. The highest BCUT2D eigenvalue weighted by molar-refractivity contribution is 5.93. The van der Waals surface area contributed by atoms with Crippen molar-refractivity contribution in [1.82, 2.24) is 20.2 Å². The van der Waals surface area contributed by atoms with Crippen molar-refractivity contribution in [1.29, 1.82) is 0 Å². The van der Waals surface area contributed by atoms with Gasteiger partial charge < -0.3 is 15.4 Å². The van der Waals surface area contributed by atoms with E-state index in [1.54, 1.807) is 6.07 Å². The standard InChI is InChI=1S/C21H29N5O2/c1-3-16(2)23-19-15-18(24-20(25-19)17-7-5-4-6-8-17)21(27)22-9-10-26-11-13-28-14-12-26/h4-8,15-16H,3,9-14H2,1-2H3,(H,22,27)(H,23,24,25). The third-order valence-corrected chi connectivity index (χ3v) is 4.81. The molecule has 2 aromatic rings. The summed E-state index contributed by atoms with van der Waals surface area (Å²) in [5.74, 6) is 1.04. The summed E-state index contributed by atoms with van der Waals surface area (Å²) in [5.41, 5.74) is 1.26. The lowest BCUT2D eigenvalue weighted by Gasteiger charge is -2.26. The van der Waals surface area contributed by atoms with Gasteiger partial charge in [-0.2, -0.15) is 0 Å². The first-order valence-corrected chi connectivity index (χ1v) is 9.95. The molecule has 1 aliphatic heterocycles. The van der Waals surface area contributed by atoms with Crippen molar-refractivity contribution in [3.8, 4) is 11.4 Å². The van der Waals surface area contributed by atoms with Gasteiger partial charge in [-0.05, 0) is 13.3 Å². The Morgan fingerprint density at radius 1 is 1.21 bits per heavy atom. The van der Waals surface area contributed by atoms with Crippen molar-refractivity contribution in [2.45, 2.75) is 26.3 Å². The van der Waals surface area contributed by atoms with Crippen LogP contribution in [0.1, 0.15) is 30.8 Å². The number of nitrogens with one attached hydrogen (secondary N) is 2. The van der Waals surface area contributed by atoms with E-state index in [4.69, 9.17) is 4.74 Å². The quantitative estimate of drug-likeness (QED) is 0.729. The average molecular weight is 383 g/mol. The van der Waals surface area contributed by atoms with Crippen LogP contribution in [0.2, 0.25) is 0 Å². The highest BCUT2D eigenvalue weighted by Gasteiger charge is 2.15. The molecule has 1 amide bonds. The zero-order valence-corrected chi connectivity index (χ0v) is 16.6. The van der Waals surface area contributed by atoms with E-state index in [0.717, 1.165) is 44.8 Å². The largest absolute Gasteiger partial charge is 0.379 e. The van der Waals surface area contributed by atoms with Gasteiger partial charge in [-0.3, -0.25) is 9.69 Å². The number of ether oxygens (including phenoxy) is 1. The molecule has 0 bridgehead atoms. The Balaban J connectivity index is 1.72. The number of rotatable bonds is 8. The van der Waals surface area contributed by atoms with Crippen molar-refractivity contribution in [3.63, 3.8) is 0 Å². The number of hydrogen-bond acceptors (Lipinski definition) is 6. The Hall–Kier alpha value is -2.51.